The van der Waals surface area contributed by atoms with Gasteiger partial charge in [0.15, 0.2) is 0 Å². The predicted octanol–water partition coefficient (Wildman–Crippen LogP) is -0.937. The van der Waals surface area contributed by atoms with Crippen molar-refractivity contribution in [3.63, 3.8) is 0 Å². The van der Waals surface area contributed by atoms with E-state index in [4.69, 9.17) is 0 Å². The number of esters is 2. The van der Waals surface area contributed by atoms with E-state index < -0.39 is 0 Å². The average molecular weight is 173 g/mol. The summed E-state index contributed by atoms with van der Waals surface area (Å²) in [6.45, 7) is 0. The van der Waals surface area contributed by atoms with E-state index in [1.54, 1.807) is 0 Å². The Bertz CT molecular complexity index is 178. The number of carbonyl (C=O) groups is 2. The van der Waals surface area contributed by atoms with Crippen LogP contribution in [0.4, 0.5) is 0 Å². The normalized spacial score (nSPS) is 27.2. The number of rotatable bonds is 2. The first-order chi connectivity index (χ1) is 5.69. The fraction of sp³-hybridized carbons (Fsp3) is 0.714. The Hall–Kier alpha value is -1.10. The molecule has 0 radical (unpaired) electrons. The molecule has 5 heteroatoms. The zero-order valence-corrected chi connectivity index (χ0v) is 6.99. The Kier molecular flexibility index (Phi) is 2.65. The second-order valence-electron chi connectivity index (χ2n) is 2.55. The third-order valence-electron chi connectivity index (χ3n) is 1.85. The minimum absolute atomic E-state index is 0.338. The molecule has 1 fully saturated rings. The van der Waals surface area contributed by atoms with Crippen molar-refractivity contribution in [1.29, 1.82) is 0 Å². The maximum Gasteiger partial charge on any atom is 0.322 e. The summed E-state index contributed by atoms with van der Waals surface area (Å²) in [4.78, 5) is 21.6. The van der Waals surface area contributed by atoms with Gasteiger partial charge in [0.2, 0.25) is 0 Å². The molecule has 0 bridgehead atoms. The van der Waals surface area contributed by atoms with Gasteiger partial charge in [0, 0.05) is 0 Å². The molecule has 0 aromatic rings. The van der Waals surface area contributed by atoms with Crippen LogP contribution in [0.2, 0.25) is 0 Å². The highest BCUT2D eigenvalue weighted by atomic mass is 16.5. The van der Waals surface area contributed by atoms with Crippen LogP contribution in [0.1, 0.15) is 6.42 Å². The standard InChI is InChI=1S/C7H11NO4/c1-11-6(9)4-3-5(8-4)7(10)12-2/h4-5,8H,3H2,1-2H3/t4-,5-/m0/s1. The summed E-state index contributed by atoms with van der Waals surface area (Å²) >= 11 is 0. The summed E-state index contributed by atoms with van der Waals surface area (Å²) < 4.78 is 8.92. The minimum atomic E-state index is -0.348. The van der Waals surface area contributed by atoms with Crippen molar-refractivity contribution in [3.8, 4) is 0 Å². The van der Waals surface area contributed by atoms with Gasteiger partial charge in [-0.3, -0.25) is 14.9 Å². The van der Waals surface area contributed by atoms with Gasteiger partial charge in [0.25, 0.3) is 0 Å². The van der Waals surface area contributed by atoms with Gasteiger partial charge in [0.05, 0.1) is 14.2 Å². The first-order valence-electron chi connectivity index (χ1n) is 3.60. The summed E-state index contributed by atoms with van der Waals surface area (Å²) in [5.74, 6) is -0.676. The van der Waals surface area contributed by atoms with Crippen LogP contribution in [0.15, 0.2) is 0 Å². The summed E-state index contributed by atoms with van der Waals surface area (Å²) in [6.07, 6.45) is 0.458. The molecule has 68 valence electrons. The van der Waals surface area contributed by atoms with E-state index in [0.717, 1.165) is 0 Å². The SMILES string of the molecule is COC(=O)[C@@H]1C[C@@H](C(=O)OC)N1. The van der Waals surface area contributed by atoms with Crippen molar-refractivity contribution >= 4 is 11.9 Å². The summed E-state index contributed by atoms with van der Waals surface area (Å²) in [6, 6.07) is -0.696. The van der Waals surface area contributed by atoms with Crippen LogP contribution >= 0.6 is 0 Å². The Balaban J connectivity index is 2.28. The molecular formula is C7H11NO4. The van der Waals surface area contributed by atoms with Crippen LogP contribution in [-0.4, -0.2) is 38.2 Å². The molecule has 0 aliphatic carbocycles. The lowest BCUT2D eigenvalue weighted by Crippen LogP contribution is -2.60. The van der Waals surface area contributed by atoms with Crippen molar-refractivity contribution in [2.24, 2.45) is 0 Å². The van der Waals surface area contributed by atoms with Crippen molar-refractivity contribution in [3.05, 3.63) is 0 Å². The average Bonchev–Trinajstić information content (AvgIpc) is 2.01. The Morgan fingerprint density at radius 2 is 1.50 bits per heavy atom. The fourth-order valence-corrected chi connectivity index (χ4v) is 1.07. The topological polar surface area (TPSA) is 64.6 Å². The third-order valence-corrected chi connectivity index (χ3v) is 1.85. The number of nitrogens with one attached hydrogen (secondary N) is 1. The Labute approximate surface area is 70.0 Å². The molecule has 1 rings (SSSR count). The summed E-state index contributed by atoms with van der Waals surface area (Å²) in [5, 5.41) is 2.73. The maximum absolute atomic E-state index is 10.8. The summed E-state index contributed by atoms with van der Waals surface area (Å²) in [7, 11) is 2.63. The van der Waals surface area contributed by atoms with Crippen LogP contribution < -0.4 is 5.32 Å². The molecule has 1 saturated heterocycles. The Morgan fingerprint density at radius 3 is 1.75 bits per heavy atom. The molecular weight excluding hydrogens is 162 g/mol. The van der Waals surface area contributed by atoms with E-state index in [-0.39, 0.29) is 24.0 Å². The predicted molar refractivity (Wildman–Crippen MR) is 39.4 cm³/mol. The van der Waals surface area contributed by atoms with Crippen molar-refractivity contribution in [2.45, 2.75) is 18.5 Å². The monoisotopic (exact) mass is 173 g/mol. The fourth-order valence-electron chi connectivity index (χ4n) is 1.07. The molecule has 0 amide bonds. The van der Waals surface area contributed by atoms with Gasteiger partial charge in [-0.05, 0) is 6.42 Å². The first-order valence-corrected chi connectivity index (χ1v) is 3.60. The highest BCUT2D eigenvalue weighted by Gasteiger charge is 2.39. The highest BCUT2D eigenvalue weighted by Crippen LogP contribution is 2.13. The van der Waals surface area contributed by atoms with E-state index in [9.17, 15) is 9.59 Å². The molecule has 1 N–H and O–H groups in total. The van der Waals surface area contributed by atoms with Gasteiger partial charge in [-0.25, -0.2) is 0 Å². The smallest absolute Gasteiger partial charge is 0.322 e. The largest absolute Gasteiger partial charge is 0.468 e. The van der Waals surface area contributed by atoms with Gasteiger partial charge in [-0.15, -0.1) is 0 Å². The van der Waals surface area contributed by atoms with E-state index in [1.165, 1.54) is 14.2 Å². The molecule has 1 aliphatic rings. The van der Waals surface area contributed by atoms with Crippen molar-refractivity contribution < 1.29 is 19.1 Å². The summed E-state index contributed by atoms with van der Waals surface area (Å²) in [5.41, 5.74) is 0. The first kappa shape index (κ1) is 8.99. The molecule has 2 atom stereocenters. The van der Waals surface area contributed by atoms with Gasteiger partial charge < -0.3 is 9.47 Å². The van der Waals surface area contributed by atoms with Crippen LogP contribution in [-0.2, 0) is 19.1 Å². The molecule has 0 spiro atoms. The zero-order chi connectivity index (χ0) is 9.14. The molecule has 0 saturated carbocycles. The molecule has 1 aliphatic heterocycles. The van der Waals surface area contributed by atoms with Crippen LogP contribution in [0.3, 0.4) is 0 Å². The zero-order valence-electron chi connectivity index (χ0n) is 6.99. The van der Waals surface area contributed by atoms with Crippen LogP contribution in [0.5, 0.6) is 0 Å². The van der Waals surface area contributed by atoms with E-state index in [2.05, 4.69) is 14.8 Å². The quantitative estimate of drug-likeness (QED) is 0.546. The Morgan fingerprint density at radius 1 is 1.17 bits per heavy atom. The molecule has 1 heterocycles. The number of methoxy groups -OCH3 is 2. The maximum atomic E-state index is 10.8. The van der Waals surface area contributed by atoms with Gasteiger partial charge in [-0.2, -0.15) is 0 Å². The minimum Gasteiger partial charge on any atom is -0.468 e. The third kappa shape index (κ3) is 1.55. The second-order valence-corrected chi connectivity index (χ2v) is 2.55. The molecule has 5 nitrogen and oxygen atoms in total. The van der Waals surface area contributed by atoms with Crippen molar-refractivity contribution in [2.75, 3.05) is 14.2 Å². The lowest BCUT2D eigenvalue weighted by atomic mass is 9.97. The lowest BCUT2D eigenvalue weighted by Gasteiger charge is -2.32. The molecule has 0 aromatic heterocycles. The van der Waals surface area contributed by atoms with E-state index in [0.29, 0.717) is 6.42 Å². The van der Waals surface area contributed by atoms with Crippen LogP contribution in [0.25, 0.3) is 0 Å². The van der Waals surface area contributed by atoms with Crippen molar-refractivity contribution in [1.82, 2.24) is 5.32 Å². The highest BCUT2D eigenvalue weighted by molar-refractivity contribution is 5.84. The number of hydrogen-bond donors (Lipinski definition) is 1. The molecule has 0 aromatic carbocycles. The number of ether oxygens (including phenoxy) is 2. The van der Waals surface area contributed by atoms with E-state index in [1.807, 2.05) is 0 Å². The van der Waals surface area contributed by atoms with Gasteiger partial charge in [-0.1, -0.05) is 0 Å². The second kappa shape index (κ2) is 3.53. The number of carbonyl (C=O) groups excluding carboxylic acids is 2. The van der Waals surface area contributed by atoms with Gasteiger partial charge >= 0.3 is 11.9 Å². The van der Waals surface area contributed by atoms with E-state index >= 15 is 0 Å². The van der Waals surface area contributed by atoms with Crippen LogP contribution in [0, 0.1) is 0 Å². The molecule has 12 heavy (non-hydrogen) atoms. The van der Waals surface area contributed by atoms with Gasteiger partial charge in [0.1, 0.15) is 12.1 Å². The molecule has 0 unspecified atom stereocenters. The lowest BCUT2D eigenvalue weighted by molar-refractivity contribution is -0.152. The number of hydrogen-bond acceptors (Lipinski definition) is 5.